The van der Waals surface area contributed by atoms with Crippen LogP contribution in [0.1, 0.15) is 25.3 Å². The van der Waals surface area contributed by atoms with Crippen molar-refractivity contribution in [2.75, 3.05) is 6.61 Å². The van der Waals surface area contributed by atoms with E-state index < -0.39 is 6.04 Å². The molecule has 0 saturated carbocycles. The summed E-state index contributed by atoms with van der Waals surface area (Å²) in [6.45, 7) is 2.01. The van der Waals surface area contributed by atoms with Crippen LogP contribution in [0, 0.1) is 0 Å². The summed E-state index contributed by atoms with van der Waals surface area (Å²) in [6, 6.07) is 6.04. The lowest BCUT2D eigenvalue weighted by Gasteiger charge is -2.17. The fourth-order valence-electron chi connectivity index (χ4n) is 1.80. The molecular formula is C14H22N2O3. The molecular weight excluding hydrogens is 244 g/mol. The molecule has 0 aliphatic rings. The molecule has 0 saturated heterocycles. The number of carbonyl (C=O) groups excluding carboxylic acids is 1. The molecule has 1 unspecified atom stereocenters. The molecule has 5 N–H and O–H groups in total. The number of amides is 1. The van der Waals surface area contributed by atoms with Gasteiger partial charge in [0.1, 0.15) is 5.75 Å². The van der Waals surface area contributed by atoms with Gasteiger partial charge in [-0.05, 0) is 43.9 Å². The molecule has 5 nitrogen and oxygen atoms in total. The van der Waals surface area contributed by atoms with Crippen LogP contribution in [0.2, 0.25) is 0 Å². The van der Waals surface area contributed by atoms with Crippen LogP contribution in [0.3, 0.4) is 0 Å². The van der Waals surface area contributed by atoms with Crippen LogP contribution in [0.15, 0.2) is 24.3 Å². The first kappa shape index (κ1) is 15.5. The van der Waals surface area contributed by atoms with Crippen molar-refractivity contribution < 1.29 is 15.0 Å². The molecule has 0 aliphatic heterocycles. The Bertz CT molecular complexity index is 392. The lowest BCUT2D eigenvalue weighted by atomic mass is 10.1. The predicted molar refractivity (Wildman–Crippen MR) is 73.7 cm³/mol. The lowest BCUT2D eigenvalue weighted by molar-refractivity contribution is -0.123. The highest BCUT2D eigenvalue weighted by molar-refractivity contribution is 5.82. The minimum Gasteiger partial charge on any atom is -0.508 e. The van der Waals surface area contributed by atoms with Crippen LogP contribution in [0.4, 0.5) is 0 Å². The van der Waals surface area contributed by atoms with E-state index in [0.717, 1.165) is 12.0 Å². The van der Waals surface area contributed by atoms with Crippen molar-refractivity contribution in [3.8, 4) is 5.75 Å². The summed E-state index contributed by atoms with van der Waals surface area (Å²) in [4.78, 5) is 11.8. The standard InChI is InChI=1S/C14H22N2O3/c1-10(3-2-8-17)16-14(19)13(15)9-11-4-6-12(18)7-5-11/h4-7,10,13,17-18H,2-3,8-9,15H2,1H3,(H,16,19)/t10?,13-/m1/s1. The van der Waals surface area contributed by atoms with Crippen molar-refractivity contribution in [1.82, 2.24) is 5.32 Å². The molecule has 1 amide bonds. The predicted octanol–water partition coefficient (Wildman–Crippen LogP) is 0.539. The topological polar surface area (TPSA) is 95.6 Å². The number of nitrogens with one attached hydrogen (secondary N) is 1. The number of nitrogens with two attached hydrogens (primary N) is 1. The van der Waals surface area contributed by atoms with Gasteiger partial charge in [0.25, 0.3) is 0 Å². The molecule has 0 radical (unpaired) electrons. The Morgan fingerprint density at radius 1 is 1.37 bits per heavy atom. The number of rotatable bonds is 7. The van der Waals surface area contributed by atoms with Crippen molar-refractivity contribution in [3.05, 3.63) is 29.8 Å². The Labute approximate surface area is 113 Å². The van der Waals surface area contributed by atoms with Gasteiger partial charge in [-0.25, -0.2) is 0 Å². The van der Waals surface area contributed by atoms with Crippen LogP contribution in [0.25, 0.3) is 0 Å². The smallest absolute Gasteiger partial charge is 0.237 e. The first-order chi connectivity index (χ1) is 9.02. The van der Waals surface area contributed by atoms with Crippen molar-refractivity contribution in [2.24, 2.45) is 5.73 Å². The van der Waals surface area contributed by atoms with Gasteiger partial charge in [-0.3, -0.25) is 4.79 Å². The zero-order chi connectivity index (χ0) is 14.3. The normalized spacial score (nSPS) is 13.8. The average molecular weight is 266 g/mol. The number of phenols is 1. The average Bonchev–Trinajstić information content (AvgIpc) is 2.39. The van der Waals surface area contributed by atoms with Crippen LogP contribution in [0.5, 0.6) is 5.75 Å². The number of phenolic OH excluding ortho intramolecular Hbond substituents is 1. The second-order valence-electron chi connectivity index (χ2n) is 4.75. The molecule has 0 aliphatic carbocycles. The molecule has 19 heavy (non-hydrogen) atoms. The fraction of sp³-hybridized carbons (Fsp3) is 0.500. The highest BCUT2D eigenvalue weighted by Crippen LogP contribution is 2.11. The third kappa shape index (κ3) is 5.72. The van der Waals surface area contributed by atoms with Gasteiger partial charge in [-0.2, -0.15) is 0 Å². The van der Waals surface area contributed by atoms with E-state index in [-0.39, 0.29) is 24.3 Å². The maximum Gasteiger partial charge on any atom is 0.237 e. The Hall–Kier alpha value is -1.59. The monoisotopic (exact) mass is 266 g/mol. The summed E-state index contributed by atoms with van der Waals surface area (Å²) >= 11 is 0. The number of carbonyl (C=O) groups is 1. The molecule has 0 bridgehead atoms. The van der Waals surface area contributed by atoms with Gasteiger partial charge in [-0.15, -0.1) is 0 Å². The van der Waals surface area contributed by atoms with E-state index >= 15 is 0 Å². The number of aromatic hydroxyl groups is 1. The Balaban J connectivity index is 2.42. The lowest BCUT2D eigenvalue weighted by Crippen LogP contribution is -2.45. The molecule has 0 fully saturated rings. The number of hydrogen-bond acceptors (Lipinski definition) is 4. The highest BCUT2D eigenvalue weighted by atomic mass is 16.3. The summed E-state index contributed by atoms with van der Waals surface area (Å²) < 4.78 is 0. The molecule has 0 heterocycles. The first-order valence-corrected chi connectivity index (χ1v) is 6.47. The van der Waals surface area contributed by atoms with Crippen LogP contribution < -0.4 is 11.1 Å². The summed E-state index contributed by atoms with van der Waals surface area (Å²) in [7, 11) is 0. The zero-order valence-electron chi connectivity index (χ0n) is 11.2. The summed E-state index contributed by atoms with van der Waals surface area (Å²) in [5.41, 5.74) is 6.75. The van der Waals surface area contributed by atoms with Crippen molar-refractivity contribution in [1.29, 1.82) is 0 Å². The Morgan fingerprint density at radius 3 is 2.58 bits per heavy atom. The van der Waals surface area contributed by atoms with Gasteiger partial charge in [0, 0.05) is 12.6 Å². The largest absolute Gasteiger partial charge is 0.508 e. The molecule has 0 aromatic heterocycles. The Kier molecular flexibility index (Phi) is 6.32. The summed E-state index contributed by atoms with van der Waals surface area (Å²) in [5, 5.41) is 20.7. The minimum absolute atomic E-state index is 0.00511. The van der Waals surface area contributed by atoms with Gasteiger partial charge >= 0.3 is 0 Å². The van der Waals surface area contributed by atoms with Gasteiger partial charge in [-0.1, -0.05) is 12.1 Å². The van der Waals surface area contributed by atoms with Crippen LogP contribution in [-0.4, -0.2) is 34.8 Å². The second-order valence-corrected chi connectivity index (χ2v) is 4.75. The molecule has 2 atom stereocenters. The second kappa shape index (κ2) is 7.76. The molecule has 106 valence electrons. The third-order valence-electron chi connectivity index (χ3n) is 2.91. The zero-order valence-corrected chi connectivity index (χ0v) is 11.2. The maximum atomic E-state index is 11.8. The third-order valence-corrected chi connectivity index (χ3v) is 2.91. The van der Waals surface area contributed by atoms with Crippen molar-refractivity contribution in [3.63, 3.8) is 0 Å². The summed E-state index contributed by atoms with van der Waals surface area (Å²) in [5.74, 6) is -0.00193. The highest BCUT2D eigenvalue weighted by Gasteiger charge is 2.16. The molecule has 1 aromatic rings. The van der Waals surface area contributed by atoms with Gasteiger partial charge < -0.3 is 21.3 Å². The van der Waals surface area contributed by atoms with Crippen molar-refractivity contribution >= 4 is 5.91 Å². The Morgan fingerprint density at radius 2 is 2.00 bits per heavy atom. The SMILES string of the molecule is CC(CCCO)NC(=O)[C@H](N)Cc1ccc(O)cc1. The van der Waals surface area contributed by atoms with Crippen molar-refractivity contribution in [2.45, 2.75) is 38.3 Å². The number of aliphatic hydroxyl groups is 1. The van der Waals surface area contributed by atoms with Gasteiger partial charge in [0.05, 0.1) is 6.04 Å². The van der Waals surface area contributed by atoms with E-state index in [1.54, 1.807) is 24.3 Å². The van der Waals surface area contributed by atoms with Crippen LogP contribution >= 0.6 is 0 Å². The van der Waals surface area contributed by atoms with E-state index in [1.807, 2.05) is 6.92 Å². The van der Waals surface area contributed by atoms with E-state index in [9.17, 15) is 9.90 Å². The van der Waals surface area contributed by atoms with Crippen LogP contribution in [-0.2, 0) is 11.2 Å². The van der Waals surface area contributed by atoms with Gasteiger partial charge in [0.15, 0.2) is 0 Å². The van der Waals surface area contributed by atoms with E-state index in [1.165, 1.54) is 0 Å². The first-order valence-electron chi connectivity index (χ1n) is 6.47. The maximum absolute atomic E-state index is 11.8. The molecule has 1 aromatic carbocycles. The number of hydrogen-bond donors (Lipinski definition) is 4. The van der Waals surface area contributed by atoms with E-state index in [0.29, 0.717) is 12.8 Å². The van der Waals surface area contributed by atoms with E-state index in [4.69, 9.17) is 10.8 Å². The fourth-order valence-corrected chi connectivity index (χ4v) is 1.80. The number of aliphatic hydroxyl groups excluding tert-OH is 1. The van der Waals surface area contributed by atoms with Gasteiger partial charge in [0.2, 0.25) is 5.91 Å². The quantitative estimate of drug-likeness (QED) is 0.579. The summed E-state index contributed by atoms with van der Waals surface area (Å²) in [6.07, 6.45) is 1.82. The van der Waals surface area contributed by atoms with E-state index in [2.05, 4.69) is 5.32 Å². The molecule has 1 rings (SSSR count). The number of benzene rings is 1. The minimum atomic E-state index is -0.610. The molecule has 0 spiro atoms. The molecule has 5 heteroatoms.